The van der Waals surface area contributed by atoms with E-state index in [-0.39, 0.29) is 6.10 Å². The van der Waals surface area contributed by atoms with E-state index in [9.17, 15) is 10.2 Å². The standard InChI is InChI=1S/C19H34O2/c20-13-14-6-11-19(21)18(12-14)17-9-7-16(8-10-17)15-4-2-1-3-5-15/h14-21H,1-13H2/t14?,16?,17?,18-,19?/m0/s1. The van der Waals surface area contributed by atoms with Crippen LogP contribution in [-0.4, -0.2) is 22.9 Å². The summed E-state index contributed by atoms with van der Waals surface area (Å²) in [5.41, 5.74) is 0. The molecule has 3 rings (SSSR count). The van der Waals surface area contributed by atoms with Gasteiger partial charge in [0, 0.05) is 6.61 Å². The predicted octanol–water partition coefficient (Wildman–Crippen LogP) is 4.14. The largest absolute Gasteiger partial charge is 0.396 e. The van der Waals surface area contributed by atoms with Crippen molar-refractivity contribution in [1.29, 1.82) is 0 Å². The summed E-state index contributed by atoms with van der Waals surface area (Å²) < 4.78 is 0. The lowest BCUT2D eigenvalue weighted by Crippen LogP contribution is -2.37. The van der Waals surface area contributed by atoms with Crippen LogP contribution in [0, 0.1) is 29.6 Å². The number of aliphatic hydroxyl groups is 2. The van der Waals surface area contributed by atoms with E-state index in [2.05, 4.69) is 0 Å². The summed E-state index contributed by atoms with van der Waals surface area (Å²) in [4.78, 5) is 0. The maximum absolute atomic E-state index is 10.4. The van der Waals surface area contributed by atoms with Gasteiger partial charge >= 0.3 is 0 Å². The third-order valence-corrected chi connectivity index (χ3v) is 6.97. The van der Waals surface area contributed by atoms with Crippen molar-refractivity contribution in [3.05, 3.63) is 0 Å². The van der Waals surface area contributed by atoms with Crippen LogP contribution in [0.3, 0.4) is 0 Å². The van der Waals surface area contributed by atoms with E-state index in [1.165, 1.54) is 57.8 Å². The van der Waals surface area contributed by atoms with Gasteiger partial charge in [0.15, 0.2) is 0 Å². The summed E-state index contributed by atoms with van der Waals surface area (Å²) in [6.07, 6.45) is 15.7. The van der Waals surface area contributed by atoms with Crippen molar-refractivity contribution in [2.45, 2.75) is 83.2 Å². The minimum absolute atomic E-state index is 0.0935. The Morgan fingerprint density at radius 2 is 1.29 bits per heavy atom. The van der Waals surface area contributed by atoms with Gasteiger partial charge in [-0.1, -0.05) is 32.1 Å². The van der Waals surface area contributed by atoms with Gasteiger partial charge in [0.1, 0.15) is 0 Å². The second-order valence-electron chi connectivity index (χ2n) is 8.17. The van der Waals surface area contributed by atoms with Crippen LogP contribution in [0.5, 0.6) is 0 Å². The quantitative estimate of drug-likeness (QED) is 0.821. The molecule has 3 aliphatic carbocycles. The summed E-state index contributed by atoms with van der Waals surface area (Å²) in [7, 11) is 0. The molecule has 0 spiro atoms. The van der Waals surface area contributed by atoms with Crippen molar-refractivity contribution in [2.75, 3.05) is 6.61 Å². The molecule has 0 aromatic rings. The molecule has 0 heterocycles. The van der Waals surface area contributed by atoms with Gasteiger partial charge < -0.3 is 10.2 Å². The molecule has 122 valence electrons. The lowest BCUT2D eigenvalue weighted by Gasteiger charge is -2.42. The molecule has 3 aliphatic rings. The van der Waals surface area contributed by atoms with Gasteiger partial charge in [-0.15, -0.1) is 0 Å². The Morgan fingerprint density at radius 1 is 0.667 bits per heavy atom. The van der Waals surface area contributed by atoms with E-state index in [4.69, 9.17) is 0 Å². The van der Waals surface area contributed by atoms with Gasteiger partial charge in [0.25, 0.3) is 0 Å². The Kier molecular flexibility index (Phi) is 5.61. The number of aliphatic hydroxyl groups excluding tert-OH is 2. The second kappa shape index (κ2) is 7.46. The van der Waals surface area contributed by atoms with Gasteiger partial charge in [-0.25, -0.2) is 0 Å². The van der Waals surface area contributed by atoms with Crippen molar-refractivity contribution in [3.63, 3.8) is 0 Å². The average Bonchev–Trinajstić information content (AvgIpc) is 2.56. The molecule has 2 unspecified atom stereocenters. The van der Waals surface area contributed by atoms with Gasteiger partial charge in [0.05, 0.1) is 6.10 Å². The van der Waals surface area contributed by atoms with E-state index in [1.807, 2.05) is 0 Å². The molecule has 0 aromatic carbocycles. The molecule has 0 radical (unpaired) electrons. The van der Waals surface area contributed by atoms with Crippen molar-refractivity contribution in [3.8, 4) is 0 Å². The molecular weight excluding hydrogens is 260 g/mol. The zero-order valence-electron chi connectivity index (χ0n) is 13.6. The molecule has 3 saturated carbocycles. The lowest BCUT2D eigenvalue weighted by molar-refractivity contribution is -0.0110. The Labute approximate surface area is 130 Å². The maximum atomic E-state index is 10.4. The molecule has 0 saturated heterocycles. The van der Waals surface area contributed by atoms with Gasteiger partial charge in [-0.05, 0) is 74.5 Å². The SMILES string of the molecule is OCC1CCC(O)[C@H](C2CCC(C3CCCCC3)CC2)C1. The first kappa shape index (κ1) is 15.8. The van der Waals surface area contributed by atoms with Crippen molar-refractivity contribution in [1.82, 2.24) is 0 Å². The van der Waals surface area contributed by atoms with Crippen LogP contribution in [0.25, 0.3) is 0 Å². The van der Waals surface area contributed by atoms with Gasteiger partial charge in [-0.2, -0.15) is 0 Å². The highest BCUT2D eigenvalue weighted by Crippen LogP contribution is 2.45. The van der Waals surface area contributed by atoms with Crippen LogP contribution in [0.15, 0.2) is 0 Å². The average molecular weight is 294 g/mol. The zero-order valence-corrected chi connectivity index (χ0v) is 13.6. The number of hydrogen-bond acceptors (Lipinski definition) is 2. The lowest BCUT2D eigenvalue weighted by atomic mass is 9.65. The predicted molar refractivity (Wildman–Crippen MR) is 85.9 cm³/mol. The van der Waals surface area contributed by atoms with Crippen molar-refractivity contribution < 1.29 is 10.2 Å². The third kappa shape index (κ3) is 3.82. The fourth-order valence-corrected chi connectivity index (χ4v) is 5.60. The molecular formula is C19H34O2. The molecule has 0 aliphatic heterocycles. The van der Waals surface area contributed by atoms with Crippen LogP contribution in [0.4, 0.5) is 0 Å². The molecule has 3 atom stereocenters. The van der Waals surface area contributed by atoms with Crippen LogP contribution in [0.2, 0.25) is 0 Å². The summed E-state index contributed by atoms with van der Waals surface area (Å²) >= 11 is 0. The minimum Gasteiger partial charge on any atom is -0.396 e. The first-order valence-corrected chi connectivity index (χ1v) is 9.57. The zero-order chi connectivity index (χ0) is 14.7. The van der Waals surface area contributed by atoms with E-state index in [0.717, 1.165) is 37.0 Å². The Hall–Kier alpha value is -0.0800. The van der Waals surface area contributed by atoms with E-state index in [1.54, 1.807) is 0 Å². The highest BCUT2D eigenvalue weighted by Gasteiger charge is 2.37. The van der Waals surface area contributed by atoms with Crippen LogP contribution in [0.1, 0.15) is 77.0 Å². The fourth-order valence-electron chi connectivity index (χ4n) is 5.60. The highest BCUT2D eigenvalue weighted by molar-refractivity contribution is 4.88. The second-order valence-corrected chi connectivity index (χ2v) is 8.17. The maximum Gasteiger partial charge on any atom is 0.0571 e. The third-order valence-electron chi connectivity index (χ3n) is 6.97. The first-order chi connectivity index (χ1) is 10.3. The van der Waals surface area contributed by atoms with E-state index < -0.39 is 0 Å². The summed E-state index contributed by atoms with van der Waals surface area (Å²) in [5, 5.41) is 19.8. The molecule has 0 amide bonds. The minimum atomic E-state index is -0.0935. The summed E-state index contributed by atoms with van der Waals surface area (Å²) in [5.74, 6) is 3.66. The Balaban J connectivity index is 1.50. The first-order valence-electron chi connectivity index (χ1n) is 9.57. The Bertz CT molecular complexity index is 303. The van der Waals surface area contributed by atoms with E-state index >= 15 is 0 Å². The van der Waals surface area contributed by atoms with Gasteiger partial charge in [-0.3, -0.25) is 0 Å². The molecule has 2 heteroatoms. The summed E-state index contributed by atoms with van der Waals surface area (Å²) in [6, 6.07) is 0. The molecule has 0 bridgehead atoms. The highest BCUT2D eigenvalue weighted by atomic mass is 16.3. The summed E-state index contributed by atoms with van der Waals surface area (Å²) in [6.45, 7) is 0.320. The molecule has 3 fully saturated rings. The van der Waals surface area contributed by atoms with Crippen LogP contribution in [-0.2, 0) is 0 Å². The number of hydrogen-bond donors (Lipinski definition) is 2. The van der Waals surface area contributed by atoms with Crippen LogP contribution >= 0.6 is 0 Å². The van der Waals surface area contributed by atoms with Crippen molar-refractivity contribution >= 4 is 0 Å². The molecule has 21 heavy (non-hydrogen) atoms. The topological polar surface area (TPSA) is 40.5 Å². The smallest absolute Gasteiger partial charge is 0.0571 e. The fraction of sp³-hybridized carbons (Fsp3) is 1.00. The van der Waals surface area contributed by atoms with Gasteiger partial charge in [0.2, 0.25) is 0 Å². The molecule has 2 nitrogen and oxygen atoms in total. The van der Waals surface area contributed by atoms with E-state index in [0.29, 0.717) is 18.4 Å². The van der Waals surface area contributed by atoms with Crippen LogP contribution < -0.4 is 0 Å². The normalized spacial score (nSPS) is 42.9. The number of rotatable bonds is 3. The molecule has 2 N–H and O–H groups in total. The Morgan fingerprint density at radius 3 is 1.95 bits per heavy atom. The molecule has 0 aromatic heterocycles. The van der Waals surface area contributed by atoms with Crippen molar-refractivity contribution in [2.24, 2.45) is 29.6 Å². The monoisotopic (exact) mass is 294 g/mol.